The SMILES string of the molecule is CC(C)(C)C1SC2=C(OC13CCNCC3)c1cc(Br)ccc1C(=O)C2=O. The van der Waals surface area contributed by atoms with Crippen LogP contribution in [0, 0.1) is 5.41 Å². The van der Waals surface area contributed by atoms with Crippen LogP contribution < -0.4 is 5.32 Å². The fraction of sp³-hybridized carbons (Fsp3) is 0.500. The molecule has 1 fully saturated rings. The van der Waals surface area contributed by atoms with Crippen LogP contribution in [-0.4, -0.2) is 35.5 Å². The molecule has 6 heteroatoms. The molecule has 4 rings (SSSR count). The molecule has 0 saturated carbocycles. The number of halogens is 1. The van der Waals surface area contributed by atoms with E-state index in [9.17, 15) is 9.59 Å². The Morgan fingerprint density at radius 1 is 1.15 bits per heavy atom. The number of nitrogens with one attached hydrogen (secondary N) is 1. The van der Waals surface area contributed by atoms with Crippen LogP contribution in [0.1, 0.15) is 49.5 Å². The van der Waals surface area contributed by atoms with Crippen LogP contribution in [0.5, 0.6) is 0 Å². The maximum Gasteiger partial charge on any atom is 0.243 e. The zero-order valence-electron chi connectivity index (χ0n) is 15.1. The lowest BCUT2D eigenvalue weighted by atomic mass is 9.76. The predicted molar refractivity (Wildman–Crippen MR) is 107 cm³/mol. The van der Waals surface area contributed by atoms with E-state index in [0.717, 1.165) is 36.0 Å². The van der Waals surface area contributed by atoms with Gasteiger partial charge in [-0.15, -0.1) is 11.8 Å². The van der Waals surface area contributed by atoms with E-state index in [4.69, 9.17) is 4.74 Å². The Morgan fingerprint density at radius 2 is 1.85 bits per heavy atom. The van der Waals surface area contributed by atoms with E-state index in [1.165, 1.54) is 0 Å². The second-order valence-corrected chi connectivity index (χ2v) is 10.3. The van der Waals surface area contributed by atoms with Crippen molar-refractivity contribution in [3.05, 3.63) is 38.7 Å². The Balaban J connectivity index is 1.89. The van der Waals surface area contributed by atoms with Gasteiger partial charge in [-0.2, -0.15) is 0 Å². The third-order valence-corrected chi connectivity index (χ3v) is 7.82. The van der Waals surface area contributed by atoms with Gasteiger partial charge in [0.2, 0.25) is 11.6 Å². The molecule has 2 heterocycles. The van der Waals surface area contributed by atoms with Crippen LogP contribution in [0.4, 0.5) is 0 Å². The topological polar surface area (TPSA) is 55.4 Å². The Morgan fingerprint density at radius 3 is 2.50 bits per heavy atom. The minimum absolute atomic E-state index is 0.0542. The molecule has 1 aliphatic carbocycles. The highest BCUT2D eigenvalue weighted by Crippen LogP contribution is 2.55. The first-order valence-corrected chi connectivity index (χ1v) is 10.6. The molecule has 1 N–H and O–H groups in total. The summed E-state index contributed by atoms with van der Waals surface area (Å²) >= 11 is 5.03. The lowest BCUT2D eigenvalue weighted by Crippen LogP contribution is -2.56. The average molecular weight is 436 g/mol. The molecular weight excluding hydrogens is 414 g/mol. The number of thioether (sulfide) groups is 1. The minimum Gasteiger partial charge on any atom is -0.484 e. The first kappa shape index (κ1) is 18.3. The third kappa shape index (κ3) is 2.77. The quantitative estimate of drug-likeness (QED) is 0.619. The fourth-order valence-corrected chi connectivity index (χ4v) is 6.13. The summed E-state index contributed by atoms with van der Waals surface area (Å²) in [5, 5.41) is 3.52. The van der Waals surface area contributed by atoms with E-state index in [1.807, 2.05) is 6.07 Å². The number of hydrogen-bond acceptors (Lipinski definition) is 5. The summed E-state index contributed by atoms with van der Waals surface area (Å²) in [6.45, 7) is 8.34. The molecule has 138 valence electrons. The van der Waals surface area contributed by atoms with Crippen molar-refractivity contribution in [1.29, 1.82) is 0 Å². The van der Waals surface area contributed by atoms with Gasteiger partial charge in [-0.05, 0) is 36.7 Å². The number of ether oxygens (including phenoxy) is 1. The maximum atomic E-state index is 12.8. The fourth-order valence-electron chi connectivity index (χ4n) is 4.22. The normalized spacial score (nSPS) is 25.0. The zero-order chi connectivity index (χ0) is 18.7. The number of carbonyl (C=O) groups is 2. The van der Waals surface area contributed by atoms with Gasteiger partial charge in [0, 0.05) is 28.4 Å². The molecule has 1 spiro atoms. The summed E-state index contributed by atoms with van der Waals surface area (Å²) in [4.78, 5) is 25.9. The van der Waals surface area contributed by atoms with Crippen molar-refractivity contribution >= 4 is 45.0 Å². The lowest BCUT2D eigenvalue weighted by molar-refractivity contribution is -0.111. The molecule has 1 unspecified atom stereocenters. The molecule has 1 aromatic carbocycles. The van der Waals surface area contributed by atoms with Crippen molar-refractivity contribution in [3.63, 3.8) is 0 Å². The summed E-state index contributed by atoms with van der Waals surface area (Å²) < 4.78 is 7.55. The predicted octanol–water partition coefficient (Wildman–Crippen LogP) is 4.18. The second-order valence-electron chi connectivity index (χ2n) is 8.29. The highest BCUT2D eigenvalue weighted by molar-refractivity contribution is 9.10. The zero-order valence-corrected chi connectivity index (χ0v) is 17.6. The molecule has 0 aromatic heterocycles. The molecule has 0 radical (unpaired) electrons. The van der Waals surface area contributed by atoms with Gasteiger partial charge in [0.05, 0.1) is 5.25 Å². The minimum atomic E-state index is -0.434. The van der Waals surface area contributed by atoms with Crippen LogP contribution >= 0.6 is 27.7 Å². The first-order chi connectivity index (χ1) is 12.2. The summed E-state index contributed by atoms with van der Waals surface area (Å²) in [7, 11) is 0. The molecule has 26 heavy (non-hydrogen) atoms. The van der Waals surface area contributed by atoms with Gasteiger partial charge >= 0.3 is 0 Å². The van der Waals surface area contributed by atoms with Gasteiger partial charge in [-0.1, -0.05) is 36.7 Å². The highest BCUT2D eigenvalue weighted by Gasteiger charge is 2.54. The molecule has 1 aromatic rings. The molecular formula is C20H22BrNO3S. The molecule has 0 bridgehead atoms. The number of ketones is 2. The number of rotatable bonds is 0. The first-order valence-electron chi connectivity index (χ1n) is 8.92. The van der Waals surface area contributed by atoms with E-state index in [1.54, 1.807) is 23.9 Å². The van der Waals surface area contributed by atoms with E-state index >= 15 is 0 Å². The number of allylic oxidation sites excluding steroid dienone is 1. The van der Waals surface area contributed by atoms with Crippen molar-refractivity contribution in [3.8, 4) is 0 Å². The van der Waals surface area contributed by atoms with Gasteiger partial charge in [0.25, 0.3) is 0 Å². The van der Waals surface area contributed by atoms with Gasteiger partial charge in [-0.25, -0.2) is 0 Å². The maximum absolute atomic E-state index is 12.8. The van der Waals surface area contributed by atoms with Crippen LogP contribution in [0.3, 0.4) is 0 Å². The Bertz CT molecular complexity index is 834. The van der Waals surface area contributed by atoms with Gasteiger partial charge in [0.15, 0.2) is 0 Å². The molecule has 2 aliphatic heterocycles. The summed E-state index contributed by atoms with van der Waals surface area (Å²) in [6.07, 6.45) is 1.79. The molecule has 1 saturated heterocycles. The van der Waals surface area contributed by atoms with Gasteiger partial charge in [0.1, 0.15) is 16.3 Å². The largest absolute Gasteiger partial charge is 0.484 e. The number of piperidine rings is 1. The Kier molecular flexibility index (Phi) is 4.36. The van der Waals surface area contributed by atoms with Crippen molar-refractivity contribution < 1.29 is 14.3 Å². The van der Waals surface area contributed by atoms with E-state index in [0.29, 0.717) is 16.2 Å². The van der Waals surface area contributed by atoms with Crippen LogP contribution in [0.2, 0.25) is 0 Å². The number of Topliss-reactive ketones (excluding diaryl/α,β-unsaturated/α-hetero) is 2. The van der Waals surface area contributed by atoms with Crippen molar-refractivity contribution in [1.82, 2.24) is 5.32 Å². The Hall–Kier alpha value is -1.11. The van der Waals surface area contributed by atoms with Crippen molar-refractivity contribution in [2.24, 2.45) is 5.41 Å². The van der Waals surface area contributed by atoms with Crippen LogP contribution in [0.15, 0.2) is 27.6 Å². The van der Waals surface area contributed by atoms with Crippen LogP contribution in [0.25, 0.3) is 5.76 Å². The van der Waals surface area contributed by atoms with Crippen LogP contribution in [-0.2, 0) is 9.53 Å². The molecule has 1 atom stereocenters. The number of benzene rings is 1. The molecule has 4 nitrogen and oxygen atoms in total. The molecule has 3 aliphatic rings. The standard InChI is InChI=1S/C20H22BrNO3S/c1-19(2,3)18-20(6-8-22-9-7-20)25-16-13-10-11(21)4-5-12(13)14(23)15(24)17(16)26-18/h4-5,10,18,22H,6-9H2,1-3H3. The number of fused-ring (bicyclic) bond motifs is 2. The number of hydrogen-bond donors (Lipinski definition) is 1. The summed E-state index contributed by atoms with van der Waals surface area (Å²) in [5.74, 6) is -0.271. The Labute approximate surface area is 166 Å². The lowest BCUT2D eigenvalue weighted by Gasteiger charge is -2.52. The summed E-state index contributed by atoms with van der Waals surface area (Å²) in [5.41, 5.74) is 0.793. The number of carbonyl (C=O) groups excluding carboxylic acids is 2. The monoisotopic (exact) mass is 435 g/mol. The van der Waals surface area contributed by atoms with Crippen molar-refractivity contribution in [2.45, 2.75) is 44.5 Å². The second kappa shape index (κ2) is 6.21. The van der Waals surface area contributed by atoms with E-state index in [2.05, 4.69) is 42.0 Å². The molecule has 0 amide bonds. The summed E-state index contributed by atoms with van der Waals surface area (Å²) in [6, 6.07) is 5.40. The van der Waals surface area contributed by atoms with Gasteiger partial charge < -0.3 is 10.1 Å². The average Bonchev–Trinajstić information content (AvgIpc) is 2.59. The third-order valence-electron chi connectivity index (χ3n) is 5.34. The van der Waals surface area contributed by atoms with E-state index in [-0.39, 0.29) is 16.3 Å². The van der Waals surface area contributed by atoms with Gasteiger partial charge in [-0.3, -0.25) is 9.59 Å². The van der Waals surface area contributed by atoms with Crippen molar-refractivity contribution in [2.75, 3.05) is 13.1 Å². The smallest absolute Gasteiger partial charge is 0.243 e. The van der Waals surface area contributed by atoms with E-state index < -0.39 is 11.6 Å². The highest BCUT2D eigenvalue weighted by atomic mass is 79.9.